The van der Waals surface area contributed by atoms with Crippen LogP contribution in [0.25, 0.3) is 50.3 Å². The summed E-state index contributed by atoms with van der Waals surface area (Å²) in [6, 6.07) is 11.9. The second-order valence-electron chi connectivity index (χ2n) is 9.38. The molecule has 5 aromatic rings. The van der Waals surface area contributed by atoms with Gasteiger partial charge in [0.05, 0.1) is 22.9 Å². The molecule has 3 N–H and O–H groups in total. The van der Waals surface area contributed by atoms with E-state index in [4.69, 9.17) is 4.98 Å². The van der Waals surface area contributed by atoms with Crippen LogP contribution in [0.2, 0.25) is 0 Å². The average Bonchev–Trinajstić information content (AvgIpc) is 3.54. The molecule has 0 radical (unpaired) electrons. The molecule has 0 bridgehead atoms. The van der Waals surface area contributed by atoms with E-state index in [1.807, 2.05) is 49.4 Å². The highest BCUT2D eigenvalue weighted by Gasteiger charge is 2.25. The number of H-pyrrole nitrogens is 2. The molecule has 1 saturated carbocycles. The molecule has 1 aliphatic rings. The molecule has 8 nitrogen and oxygen atoms in total. The molecule has 38 heavy (non-hydrogen) atoms. The van der Waals surface area contributed by atoms with E-state index in [-0.39, 0.29) is 11.8 Å². The van der Waals surface area contributed by atoms with E-state index in [1.54, 1.807) is 24.7 Å². The lowest BCUT2D eigenvalue weighted by Gasteiger charge is -2.24. The summed E-state index contributed by atoms with van der Waals surface area (Å²) in [6.45, 7) is 5.87. The highest BCUT2D eigenvalue weighted by atomic mass is 16.1. The number of hydrogen-bond donors (Lipinski definition) is 3. The van der Waals surface area contributed by atoms with Crippen molar-refractivity contribution in [3.05, 3.63) is 91.1 Å². The van der Waals surface area contributed by atoms with Crippen LogP contribution in [0.5, 0.6) is 0 Å². The molecule has 1 aromatic carbocycles. The average molecular weight is 502 g/mol. The van der Waals surface area contributed by atoms with Crippen LogP contribution in [0.1, 0.15) is 31.7 Å². The van der Waals surface area contributed by atoms with Crippen LogP contribution in [0, 0.1) is 5.92 Å². The molecule has 0 aliphatic heterocycles. The van der Waals surface area contributed by atoms with Gasteiger partial charge in [0.15, 0.2) is 5.82 Å². The fraction of sp³-hybridized carbons (Fsp3) is 0.167. The molecule has 1 aliphatic carbocycles. The summed E-state index contributed by atoms with van der Waals surface area (Å²) in [5, 5.41) is 11.7. The molecular weight excluding hydrogens is 474 g/mol. The Balaban J connectivity index is 1.37. The molecule has 0 saturated heterocycles. The van der Waals surface area contributed by atoms with E-state index >= 15 is 0 Å². The van der Waals surface area contributed by atoms with Crippen molar-refractivity contribution in [1.29, 1.82) is 0 Å². The summed E-state index contributed by atoms with van der Waals surface area (Å²) in [6.07, 6.45) is 14.0. The third-order valence-electron chi connectivity index (χ3n) is 7.04. The lowest BCUT2D eigenvalue weighted by molar-refractivity contribution is -0.126. The molecule has 1 fully saturated rings. The molecule has 8 heteroatoms. The van der Waals surface area contributed by atoms with E-state index in [0.717, 1.165) is 63.6 Å². The van der Waals surface area contributed by atoms with Crippen molar-refractivity contribution in [2.45, 2.75) is 26.2 Å². The van der Waals surface area contributed by atoms with Crippen LogP contribution in [-0.2, 0) is 4.79 Å². The Labute approximate surface area is 219 Å². The van der Waals surface area contributed by atoms with Gasteiger partial charge in [-0.05, 0) is 67.3 Å². The van der Waals surface area contributed by atoms with Gasteiger partial charge in [0.25, 0.3) is 0 Å². The first-order valence-electron chi connectivity index (χ1n) is 12.7. The number of nitrogens with one attached hydrogen (secondary N) is 3. The minimum Gasteiger partial charge on any atom is -0.335 e. The SMILES string of the molecule is C=C/C(=C\C(=C/C)c1ccc2[nH]nc(-c3nc4c(-c5ccccn5)cncc4[nH]3)c2c1)NC(=O)C1CCC1. The van der Waals surface area contributed by atoms with Gasteiger partial charge < -0.3 is 10.3 Å². The lowest BCUT2D eigenvalue weighted by Crippen LogP contribution is -2.33. The minimum atomic E-state index is 0.0647. The van der Waals surface area contributed by atoms with Crippen molar-refractivity contribution in [3.63, 3.8) is 0 Å². The number of amides is 1. The first-order valence-corrected chi connectivity index (χ1v) is 12.7. The van der Waals surface area contributed by atoms with Crippen molar-refractivity contribution in [1.82, 2.24) is 35.5 Å². The third-order valence-corrected chi connectivity index (χ3v) is 7.04. The van der Waals surface area contributed by atoms with Gasteiger partial charge in [0, 0.05) is 35.0 Å². The molecule has 0 atom stereocenters. The fourth-order valence-corrected chi connectivity index (χ4v) is 4.69. The van der Waals surface area contributed by atoms with Gasteiger partial charge in [-0.3, -0.25) is 19.9 Å². The Kier molecular flexibility index (Phi) is 6.13. The van der Waals surface area contributed by atoms with Gasteiger partial charge in [-0.25, -0.2) is 4.98 Å². The molecule has 0 spiro atoms. The van der Waals surface area contributed by atoms with Crippen molar-refractivity contribution in [2.24, 2.45) is 5.92 Å². The Morgan fingerprint density at radius 3 is 2.79 bits per heavy atom. The summed E-state index contributed by atoms with van der Waals surface area (Å²) in [5.74, 6) is 0.815. The molecular formula is C30H27N7O. The largest absolute Gasteiger partial charge is 0.335 e. The zero-order chi connectivity index (χ0) is 26.1. The number of fused-ring (bicyclic) bond motifs is 2. The van der Waals surface area contributed by atoms with Gasteiger partial charge >= 0.3 is 0 Å². The van der Waals surface area contributed by atoms with Gasteiger partial charge in [-0.1, -0.05) is 31.2 Å². The Hall–Kier alpha value is -4.85. The summed E-state index contributed by atoms with van der Waals surface area (Å²) in [7, 11) is 0. The highest BCUT2D eigenvalue weighted by molar-refractivity contribution is 5.97. The van der Waals surface area contributed by atoms with Crippen molar-refractivity contribution < 1.29 is 4.79 Å². The second-order valence-corrected chi connectivity index (χ2v) is 9.38. The highest BCUT2D eigenvalue weighted by Crippen LogP contribution is 2.32. The molecule has 4 heterocycles. The maximum atomic E-state index is 12.5. The first-order chi connectivity index (χ1) is 18.6. The molecule has 1 amide bonds. The lowest BCUT2D eigenvalue weighted by atomic mass is 9.85. The van der Waals surface area contributed by atoms with Gasteiger partial charge in [-0.2, -0.15) is 5.10 Å². The first kappa shape index (κ1) is 23.5. The quantitative estimate of drug-likeness (QED) is 0.239. The van der Waals surface area contributed by atoms with Gasteiger partial charge in [-0.15, -0.1) is 0 Å². The minimum absolute atomic E-state index is 0.0647. The normalized spacial score (nSPS) is 14.6. The van der Waals surface area contributed by atoms with Crippen LogP contribution in [-0.4, -0.2) is 36.0 Å². The summed E-state index contributed by atoms with van der Waals surface area (Å²) in [4.78, 5) is 29.6. The van der Waals surface area contributed by atoms with Gasteiger partial charge in [0.2, 0.25) is 5.91 Å². The molecule has 4 aromatic heterocycles. The predicted molar refractivity (Wildman–Crippen MR) is 150 cm³/mol. The van der Waals surface area contributed by atoms with Crippen LogP contribution in [0.3, 0.4) is 0 Å². The van der Waals surface area contributed by atoms with Crippen LogP contribution < -0.4 is 5.32 Å². The Bertz CT molecular complexity index is 1720. The topological polar surface area (TPSA) is 112 Å². The standard InChI is InChI=1S/C30H27N7O/c1-3-18(14-21(4-2)33-30(38)19-8-7-9-19)20-11-12-25-22(15-20)28(37-36-25)29-34-26-17-31-16-23(27(26)35-29)24-10-5-6-13-32-24/h3-6,10-17,19H,2,7-9H2,1H3,(H,33,38)(H,34,35)(H,36,37)/b18-3+,21-14+. The zero-order valence-corrected chi connectivity index (χ0v) is 21.0. The third kappa shape index (κ3) is 4.30. The molecule has 6 rings (SSSR count). The summed E-state index contributed by atoms with van der Waals surface area (Å²) >= 11 is 0. The van der Waals surface area contributed by atoms with Crippen LogP contribution >= 0.6 is 0 Å². The Morgan fingerprint density at radius 1 is 1.16 bits per heavy atom. The van der Waals surface area contributed by atoms with E-state index in [1.165, 1.54) is 0 Å². The molecule has 188 valence electrons. The van der Waals surface area contributed by atoms with Crippen LogP contribution in [0.15, 0.2) is 85.5 Å². The second kappa shape index (κ2) is 9.89. The summed E-state index contributed by atoms with van der Waals surface area (Å²) < 4.78 is 0. The number of aromatic nitrogens is 6. The van der Waals surface area contributed by atoms with Crippen molar-refractivity contribution >= 4 is 33.4 Å². The number of hydrogen-bond acceptors (Lipinski definition) is 5. The van der Waals surface area contributed by atoms with Crippen LogP contribution in [0.4, 0.5) is 0 Å². The number of aromatic amines is 2. The summed E-state index contributed by atoms with van der Waals surface area (Å²) in [5.41, 5.74) is 7.52. The smallest absolute Gasteiger partial charge is 0.227 e. The van der Waals surface area contributed by atoms with Gasteiger partial charge in [0.1, 0.15) is 11.2 Å². The van der Waals surface area contributed by atoms with E-state index < -0.39 is 0 Å². The predicted octanol–water partition coefficient (Wildman–Crippen LogP) is 5.95. The van der Waals surface area contributed by atoms with Crippen molar-refractivity contribution in [2.75, 3.05) is 0 Å². The number of nitrogens with zero attached hydrogens (tertiary/aromatic N) is 4. The monoisotopic (exact) mass is 501 g/mol. The van der Waals surface area contributed by atoms with E-state index in [2.05, 4.69) is 43.1 Å². The number of carbonyl (C=O) groups is 1. The molecule has 0 unspecified atom stereocenters. The number of imidazole rings is 1. The zero-order valence-electron chi connectivity index (χ0n) is 21.0. The Morgan fingerprint density at radius 2 is 2.05 bits per heavy atom. The maximum absolute atomic E-state index is 12.5. The van der Waals surface area contributed by atoms with Crippen molar-refractivity contribution in [3.8, 4) is 22.8 Å². The number of benzene rings is 1. The number of carbonyl (C=O) groups excluding carboxylic acids is 1. The fourth-order valence-electron chi connectivity index (χ4n) is 4.69. The number of rotatable bonds is 7. The maximum Gasteiger partial charge on any atom is 0.227 e. The van der Waals surface area contributed by atoms with E-state index in [9.17, 15) is 4.79 Å². The number of pyridine rings is 2. The number of allylic oxidation sites excluding steroid dienone is 4. The van der Waals surface area contributed by atoms with E-state index in [0.29, 0.717) is 17.2 Å².